The van der Waals surface area contributed by atoms with E-state index in [0.29, 0.717) is 12.8 Å². The zero-order valence-corrected chi connectivity index (χ0v) is 17.0. The van der Waals surface area contributed by atoms with Crippen molar-refractivity contribution < 1.29 is 23.7 Å². The highest BCUT2D eigenvalue weighted by Crippen LogP contribution is 2.39. The lowest BCUT2D eigenvalue weighted by Crippen LogP contribution is -2.31. The Kier molecular flexibility index (Phi) is 9.13. The molecule has 0 bridgehead atoms. The smallest absolute Gasteiger partial charge is 0.305 e. The van der Waals surface area contributed by atoms with Gasteiger partial charge < -0.3 is 15.1 Å². The van der Waals surface area contributed by atoms with Crippen molar-refractivity contribution >= 4 is 13.6 Å². The molecule has 152 valence electrons. The lowest BCUT2D eigenvalue weighted by atomic mass is 9.99. The Morgan fingerprint density at radius 1 is 1.11 bits per heavy atom. The maximum atomic E-state index is 12.4. The Morgan fingerprint density at radius 3 is 2.41 bits per heavy atom. The maximum absolute atomic E-state index is 12.4. The van der Waals surface area contributed by atoms with E-state index in [9.17, 15) is 9.36 Å². The predicted octanol–water partition coefficient (Wildman–Crippen LogP) is 3.54. The number of benzene rings is 1. The number of Topliss-reactive ketones (excluding diaryl/α,β-unsaturated/α-hetero) is 1. The second-order valence-corrected chi connectivity index (χ2v) is 8.58. The van der Waals surface area contributed by atoms with Crippen molar-refractivity contribution in [2.24, 2.45) is 0 Å². The zero-order chi connectivity index (χ0) is 19.7. The number of hydrogen-bond donors (Lipinski definition) is 3. The molecule has 0 saturated carbocycles. The fourth-order valence-corrected chi connectivity index (χ4v) is 4.03. The van der Waals surface area contributed by atoms with E-state index in [-0.39, 0.29) is 12.3 Å². The van der Waals surface area contributed by atoms with E-state index >= 15 is 0 Å². The fraction of sp³-hybridized carbons (Fsp3) is 0.650. The number of hydrogen-bond acceptors (Lipinski definition) is 4. The Balaban J connectivity index is 1.71. The van der Waals surface area contributed by atoms with Gasteiger partial charge in [0.1, 0.15) is 0 Å². The normalized spacial score (nSPS) is 20.1. The highest BCUT2D eigenvalue weighted by atomic mass is 31.2. The summed E-state index contributed by atoms with van der Waals surface area (Å²) in [7, 11) is -4.51. The van der Waals surface area contributed by atoms with Gasteiger partial charge in [0.25, 0.3) is 0 Å². The van der Waals surface area contributed by atoms with Crippen LogP contribution in [-0.2, 0) is 26.7 Å². The number of carbonyl (C=O) groups is 1. The minimum absolute atomic E-state index is 0.0236. The van der Waals surface area contributed by atoms with Crippen LogP contribution in [-0.4, -0.2) is 34.3 Å². The molecule has 2 atom stereocenters. The van der Waals surface area contributed by atoms with E-state index < -0.39 is 20.0 Å². The molecule has 1 saturated heterocycles. The third-order valence-electron chi connectivity index (χ3n) is 4.99. The van der Waals surface area contributed by atoms with Gasteiger partial charge in [0.05, 0.1) is 12.1 Å². The SMILES string of the molecule is CCCCCCCCc1ccc(CC(=O)[C@@H]2C[C@@H](OP(=O)(O)O)CN2)cc1. The van der Waals surface area contributed by atoms with Crippen molar-refractivity contribution in [2.45, 2.75) is 76.9 Å². The Morgan fingerprint density at radius 2 is 1.74 bits per heavy atom. The van der Waals surface area contributed by atoms with E-state index in [0.717, 1.165) is 12.0 Å². The highest BCUT2D eigenvalue weighted by Gasteiger charge is 2.33. The van der Waals surface area contributed by atoms with E-state index in [1.54, 1.807) is 0 Å². The second-order valence-electron chi connectivity index (χ2n) is 7.39. The third kappa shape index (κ3) is 8.67. The first-order chi connectivity index (χ1) is 12.9. The van der Waals surface area contributed by atoms with Crippen LogP contribution in [0.25, 0.3) is 0 Å². The lowest BCUT2D eigenvalue weighted by molar-refractivity contribution is -0.120. The first kappa shape index (κ1) is 22.3. The minimum Gasteiger partial charge on any atom is -0.305 e. The van der Waals surface area contributed by atoms with Crippen molar-refractivity contribution in [3.05, 3.63) is 35.4 Å². The van der Waals surface area contributed by atoms with Gasteiger partial charge in [0.2, 0.25) is 0 Å². The summed E-state index contributed by atoms with van der Waals surface area (Å²) in [4.78, 5) is 30.1. The highest BCUT2D eigenvalue weighted by molar-refractivity contribution is 7.46. The predicted molar refractivity (Wildman–Crippen MR) is 106 cm³/mol. The summed E-state index contributed by atoms with van der Waals surface area (Å²) in [5.74, 6) is 0.0236. The van der Waals surface area contributed by atoms with Crippen molar-refractivity contribution in [2.75, 3.05) is 6.54 Å². The average molecular weight is 397 g/mol. The number of nitrogens with one attached hydrogen (secondary N) is 1. The first-order valence-electron chi connectivity index (χ1n) is 9.95. The topological polar surface area (TPSA) is 95.9 Å². The number of unbranched alkanes of at least 4 members (excludes halogenated alkanes) is 5. The van der Waals surface area contributed by atoms with Crippen LogP contribution in [0, 0.1) is 0 Å². The summed E-state index contributed by atoms with van der Waals surface area (Å²) in [6.07, 6.45) is 8.76. The van der Waals surface area contributed by atoms with Gasteiger partial charge in [-0.1, -0.05) is 63.3 Å². The number of aryl methyl sites for hydroxylation is 1. The molecular weight excluding hydrogens is 365 g/mol. The van der Waals surface area contributed by atoms with Crippen molar-refractivity contribution in [1.82, 2.24) is 5.32 Å². The molecule has 2 rings (SSSR count). The molecule has 3 N–H and O–H groups in total. The van der Waals surface area contributed by atoms with Crippen molar-refractivity contribution in [3.63, 3.8) is 0 Å². The minimum atomic E-state index is -4.51. The van der Waals surface area contributed by atoms with Crippen LogP contribution in [0.2, 0.25) is 0 Å². The molecule has 0 spiro atoms. The maximum Gasteiger partial charge on any atom is 0.469 e. The van der Waals surface area contributed by atoms with Crippen LogP contribution in [0.15, 0.2) is 24.3 Å². The molecule has 6 nitrogen and oxygen atoms in total. The summed E-state index contributed by atoms with van der Waals surface area (Å²) >= 11 is 0. The molecule has 1 heterocycles. The van der Waals surface area contributed by atoms with Gasteiger partial charge in [-0.05, 0) is 30.4 Å². The van der Waals surface area contributed by atoms with Gasteiger partial charge >= 0.3 is 7.82 Å². The summed E-state index contributed by atoms with van der Waals surface area (Å²) in [6, 6.07) is 7.78. The fourth-order valence-electron chi connectivity index (χ4n) is 3.48. The van der Waals surface area contributed by atoms with Crippen LogP contribution in [0.3, 0.4) is 0 Å². The molecule has 0 radical (unpaired) electrons. The average Bonchev–Trinajstić information content (AvgIpc) is 3.06. The molecule has 0 aromatic heterocycles. The first-order valence-corrected chi connectivity index (χ1v) is 11.5. The molecule has 0 amide bonds. The number of phosphoric acid groups is 1. The molecule has 1 fully saturated rings. The molecule has 1 aromatic carbocycles. The van der Waals surface area contributed by atoms with Gasteiger partial charge in [0.15, 0.2) is 5.78 Å². The van der Waals surface area contributed by atoms with Crippen LogP contribution >= 0.6 is 7.82 Å². The van der Waals surface area contributed by atoms with Gasteiger partial charge in [-0.25, -0.2) is 4.57 Å². The molecule has 0 unspecified atom stereocenters. The third-order valence-corrected chi connectivity index (χ3v) is 5.56. The number of carbonyl (C=O) groups excluding carboxylic acids is 1. The van der Waals surface area contributed by atoms with Crippen LogP contribution in [0.1, 0.15) is 63.0 Å². The zero-order valence-electron chi connectivity index (χ0n) is 16.1. The summed E-state index contributed by atoms with van der Waals surface area (Å²) in [6.45, 7) is 2.50. The molecule has 1 aromatic rings. The monoisotopic (exact) mass is 397 g/mol. The Labute approximate surface area is 161 Å². The Hall–Kier alpha value is -1.04. The van der Waals surface area contributed by atoms with E-state index in [4.69, 9.17) is 9.79 Å². The standard InChI is InChI=1S/C20H32NO5P/c1-2-3-4-5-6-7-8-16-9-11-17(12-10-16)13-20(22)19-14-18(15-21-19)26-27(23,24)25/h9-12,18-19,21H,2-8,13-15H2,1H3,(H2,23,24,25)/t18-,19+/m1/s1. The number of ketones is 1. The molecular formula is C20H32NO5P. The van der Waals surface area contributed by atoms with Crippen LogP contribution in [0.4, 0.5) is 0 Å². The summed E-state index contributed by atoms with van der Waals surface area (Å²) in [5, 5.41) is 2.99. The van der Waals surface area contributed by atoms with Crippen LogP contribution < -0.4 is 5.32 Å². The Bertz CT molecular complexity index is 628. The largest absolute Gasteiger partial charge is 0.469 e. The van der Waals surface area contributed by atoms with E-state index in [2.05, 4.69) is 28.9 Å². The van der Waals surface area contributed by atoms with Crippen molar-refractivity contribution in [1.29, 1.82) is 0 Å². The molecule has 0 aliphatic carbocycles. The number of rotatable bonds is 12. The van der Waals surface area contributed by atoms with Gasteiger partial charge in [-0.2, -0.15) is 0 Å². The summed E-state index contributed by atoms with van der Waals surface area (Å²) in [5.41, 5.74) is 2.27. The van der Waals surface area contributed by atoms with Crippen molar-refractivity contribution in [3.8, 4) is 0 Å². The van der Waals surface area contributed by atoms with Crippen LogP contribution in [0.5, 0.6) is 0 Å². The van der Waals surface area contributed by atoms with Gasteiger partial charge in [-0.3, -0.25) is 9.32 Å². The second kappa shape index (κ2) is 11.1. The molecule has 1 aliphatic rings. The molecule has 7 heteroatoms. The molecule has 1 aliphatic heterocycles. The number of phosphoric ester groups is 1. The lowest BCUT2D eigenvalue weighted by Gasteiger charge is -2.12. The van der Waals surface area contributed by atoms with E-state index in [1.165, 1.54) is 44.1 Å². The van der Waals surface area contributed by atoms with Gasteiger partial charge in [0, 0.05) is 13.0 Å². The molecule has 27 heavy (non-hydrogen) atoms. The van der Waals surface area contributed by atoms with Gasteiger partial charge in [-0.15, -0.1) is 0 Å². The summed E-state index contributed by atoms with van der Waals surface area (Å²) < 4.78 is 15.6. The quantitative estimate of drug-likeness (QED) is 0.369. The van der Waals surface area contributed by atoms with E-state index in [1.807, 2.05) is 12.1 Å².